The largest absolute Gasteiger partial charge is 0.317 e. The van der Waals surface area contributed by atoms with Gasteiger partial charge in [-0.15, -0.1) is 0 Å². The lowest BCUT2D eigenvalue weighted by molar-refractivity contribution is 0.359. The van der Waals surface area contributed by atoms with Crippen molar-refractivity contribution < 1.29 is 13.2 Å². The summed E-state index contributed by atoms with van der Waals surface area (Å²) in [6.45, 7) is 1.70. The van der Waals surface area contributed by atoms with Gasteiger partial charge in [-0.05, 0) is 60.3 Å². The molecule has 5 heteroatoms. The molecule has 0 spiro atoms. The molecule has 1 nitrogen and oxygen atoms in total. The van der Waals surface area contributed by atoms with Crippen molar-refractivity contribution in [1.82, 2.24) is 5.32 Å². The molecular weight excluding hydrogens is 295 g/mol. The first kappa shape index (κ1) is 12.9. The molecule has 1 aromatic carbocycles. The van der Waals surface area contributed by atoms with E-state index in [1.165, 1.54) is 0 Å². The van der Waals surface area contributed by atoms with Crippen molar-refractivity contribution in [3.8, 4) is 0 Å². The molecule has 0 aliphatic carbocycles. The zero-order valence-electron chi connectivity index (χ0n) is 9.20. The number of hydrogen-bond acceptors (Lipinski definition) is 1. The van der Waals surface area contributed by atoms with Crippen molar-refractivity contribution in [3.05, 3.63) is 33.6 Å². The Bertz CT molecular complexity index is 390. The van der Waals surface area contributed by atoms with Gasteiger partial charge >= 0.3 is 0 Å². The van der Waals surface area contributed by atoms with E-state index < -0.39 is 17.5 Å². The topological polar surface area (TPSA) is 12.0 Å². The quantitative estimate of drug-likeness (QED) is 0.826. The van der Waals surface area contributed by atoms with Crippen LogP contribution in [0.4, 0.5) is 13.2 Å². The van der Waals surface area contributed by atoms with Crippen LogP contribution in [0, 0.1) is 23.4 Å². The number of rotatable bonds is 2. The van der Waals surface area contributed by atoms with Gasteiger partial charge in [-0.3, -0.25) is 0 Å². The van der Waals surface area contributed by atoms with Crippen LogP contribution in [0.1, 0.15) is 18.4 Å². The summed E-state index contributed by atoms with van der Waals surface area (Å²) in [7, 11) is 0. The summed E-state index contributed by atoms with van der Waals surface area (Å²) in [5.41, 5.74) is -0.135. The molecule has 0 bridgehead atoms. The molecule has 0 unspecified atom stereocenters. The van der Waals surface area contributed by atoms with Crippen LogP contribution in [0.5, 0.6) is 0 Å². The van der Waals surface area contributed by atoms with E-state index in [9.17, 15) is 13.2 Å². The summed E-state index contributed by atoms with van der Waals surface area (Å²) in [6.07, 6.45) is 2.00. The molecule has 0 saturated carbocycles. The maximum Gasteiger partial charge on any atom is 0.165 e. The minimum atomic E-state index is -1.05. The summed E-state index contributed by atoms with van der Waals surface area (Å²) in [5.74, 6) is -2.51. The van der Waals surface area contributed by atoms with E-state index in [-0.39, 0.29) is 22.4 Å². The van der Waals surface area contributed by atoms with Gasteiger partial charge in [0.05, 0.1) is 4.47 Å². The van der Waals surface area contributed by atoms with E-state index in [2.05, 4.69) is 21.2 Å². The highest BCUT2D eigenvalue weighted by molar-refractivity contribution is 9.10. The van der Waals surface area contributed by atoms with Crippen LogP contribution in [0.25, 0.3) is 0 Å². The lowest BCUT2D eigenvalue weighted by Crippen LogP contribution is -2.29. The van der Waals surface area contributed by atoms with Crippen LogP contribution >= 0.6 is 15.9 Å². The van der Waals surface area contributed by atoms with Crippen LogP contribution in [-0.4, -0.2) is 13.1 Å². The minimum absolute atomic E-state index is 0.0136. The van der Waals surface area contributed by atoms with Gasteiger partial charge in [-0.2, -0.15) is 0 Å². The van der Waals surface area contributed by atoms with Crippen molar-refractivity contribution in [2.75, 3.05) is 13.1 Å². The lowest BCUT2D eigenvalue weighted by Gasteiger charge is -2.23. The lowest BCUT2D eigenvalue weighted by atomic mass is 9.90. The molecule has 1 aromatic rings. The van der Waals surface area contributed by atoms with Gasteiger partial charge in [0.25, 0.3) is 0 Å². The third-order valence-corrected chi connectivity index (χ3v) is 3.73. The molecule has 1 heterocycles. The maximum absolute atomic E-state index is 13.7. The van der Waals surface area contributed by atoms with Crippen molar-refractivity contribution in [2.45, 2.75) is 19.3 Å². The van der Waals surface area contributed by atoms with E-state index in [1.54, 1.807) is 0 Å². The molecule has 0 radical (unpaired) electrons. The molecule has 1 N–H and O–H groups in total. The van der Waals surface area contributed by atoms with Crippen LogP contribution in [0.2, 0.25) is 0 Å². The fourth-order valence-electron chi connectivity index (χ4n) is 2.18. The van der Waals surface area contributed by atoms with Gasteiger partial charge in [0.2, 0.25) is 0 Å². The number of hydrogen-bond donors (Lipinski definition) is 1. The highest BCUT2D eigenvalue weighted by Gasteiger charge is 2.22. The van der Waals surface area contributed by atoms with E-state index in [4.69, 9.17) is 0 Å². The Kier molecular flexibility index (Phi) is 4.09. The van der Waals surface area contributed by atoms with Gasteiger partial charge in [0.1, 0.15) is 5.82 Å². The van der Waals surface area contributed by atoms with E-state index in [0.717, 1.165) is 32.0 Å². The predicted molar refractivity (Wildman–Crippen MR) is 63.3 cm³/mol. The fourth-order valence-corrected chi connectivity index (χ4v) is 2.62. The highest BCUT2D eigenvalue weighted by atomic mass is 79.9. The van der Waals surface area contributed by atoms with Crippen molar-refractivity contribution in [1.29, 1.82) is 0 Å². The molecule has 0 atom stereocenters. The van der Waals surface area contributed by atoms with Crippen LogP contribution in [-0.2, 0) is 6.42 Å². The minimum Gasteiger partial charge on any atom is -0.317 e. The van der Waals surface area contributed by atoms with E-state index in [0.29, 0.717) is 0 Å². The summed E-state index contributed by atoms with van der Waals surface area (Å²) in [4.78, 5) is 0. The molecule has 1 aliphatic rings. The molecule has 1 aliphatic heterocycles. The molecule has 0 amide bonds. The monoisotopic (exact) mass is 307 g/mol. The van der Waals surface area contributed by atoms with Crippen LogP contribution in [0.3, 0.4) is 0 Å². The molecule has 17 heavy (non-hydrogen) atoms. The van der Waals surface area contributed by atoms with Crippen molar-refractivity contribution in [3.63, 3.8) is 0 Å². The Labute approximate surface area is 107 Å². The van der Waals surface area contributed by atoms with Crippen molar-refractivity contribution >= 4 is 15.9 Å². The normalized spacial score (nSPS) is 17.4. The first-order valence-corrected chi connectivity index (χ1v) is 6.41. The van der Waals surface area contributed by atoms with Crippen molar-refractivity contribution in [2.24, 2.45) is 5.92 Å². The highest BCUT2D eigenvalue weighted by Crippen LogP contribution is 2.28. The average molecular weight is 308 g/mol. The Morgan fingerprint density at radius 2 is 1.82 bits per heavy atom. The summed E-state index contributed by atoms with van der Waals surface area (Å²) in [6, 6.07) is 0.830. The summed E-state index contributed by atoms with van der Waals surface area (Å²) < 4.78 is 40.5. The second kappa shape index (κ2) is 5.40. The van der Waals surface area contributed by atoms with Gasteiger partial charge < -0.3 is 5.32 Å². The first-order valence-electron chi connectivity index (χ1n) is 5.62. The molecule has 2 rings (SSSR count). The molecule has 94 valence electrons. The molecule has 1 fully saturated rings. The molecule has 0 aromatic heterocycles. The number of piperidine rings is 1. The Balaban J connectivity index is 2.24. The fraction of sp³-hybridized carbons (Fsp3) is 0.500. The zero-order valence-corrected chi connectivity index (χ0v) is 10.8. The Morgan fingerprint density at radius 3 is 2.47 bits per heavy atom. The number of nitrogens with one attached hydrogen (secondary N) is 1. The Morgan fingerprint density at radius 1 is 1.18 bits per heavy atom. The van der Waals surface area contributed by atoms with Crippen LogP contribution < -0.4 is 5.32 Å². The summed E-state index contributed by atoms with van der Waals surface area (Å²) in [5, 5.41) is 3.18. The van der Waals surface area contributed by atoms with Gasteiger partial charge in [-0.1, -0.05) is 0 Å². The zero-order chi connectivity index (χ0) is 12.4. The number of halogens is 4. The van der Waals surface area contributed by atoms with E-state index >= 15 is 0 Å². The third-order valence-electron chi connectivity index (χ3n) is 3.15. The summed E-state index contributed by atoms with van der Waals surface area (Å²) >= 11 is 2.90. The van der Waals surface area contributed by atoms with E-state index in [1.807, 2.05) is 0 Å². The molecule has 1 saturated heterocycles. The Hall–Kier alpha value is -0.550. The standard InChI is InChI=1S/C12H13BrF3N/c13-9-6-10(14)12(16)8(11(9)15)5-7-1-3-17-4-2-7/h6-7,17H,1-5H2. The SMILES string of the molecule is Fc1cc(Br)c(F)c(CC2CCNCC2)c1F. The average Bonchev–Trinajstić information content (AvgIpc) is 2.33. The first-order chi connectivity index (χ1) is 8.09. The second-order valence-corrected chi connectivity index (χ2v) is 5.20. The molecular formula is C12H13BrF3N. The van der Waals surface area contributed by atoms with Gasteiger partial charge in [-0.25, -0.2) is 13.2 Å². The van der Waals surface area contributed by atoms with Gasteiger partial charge in [0.15, 0.2) is 11.6 Å². The van der Waals surface area contributed by atoms with Gasteiger partial charge in [0, 0.05) is 5.56 Å². The second-order valence-electron chi connectivity index (χ2n) is 4.34. The number of benzene rings is 1. The third kappa shape index (κ3) is 2.83. The predicted octanol–water partition coefficient (Wildman–Crippen LogP) is 3.41. The maximum atomic E-state index is 13.7. The van der Waals surface area contributed by atoms with Crippen LogP contribution in [0.15, 0.2) is 10.5 Å². The smallest absolute Gasteiger partial charge is 0.165 e.